The van der Waals surface area contributed by atoms with E-state index in [4.69, 9.17) is 0 Å². The number of hydrogen-bond donors (Lipinski definition) is 0. The second-order valence-corrected chi connectivity index (χ2v) is 4.64. The Kier molecular flexibility index (Phi) is 2.56. The normalized spacial score (nSPS) is 34.1. The Morgan fingerprint density at radius 3 is 2.23 bits per heavy atom. The number of likely N-dealkylation sites (tertiary alicyclic amines) is 1. The molecule has 1 saturated heterocycles. The van der Waals surface area contributed by atoms with Crippen LogP contribution in [0.5, 0.6) is 0 Å². The van der Waals surface area contributed by atoms with Crippen LogP contribution in [0.4, 0.5) is 0 Å². The van der Waals surface area contributed by atoms with Gasteiger partial charge in [-0.15, -0.1) is 0 Å². The lowest BCUT2D eigenvalue weighted by Gasteiger charge is -2.36. The molecule has 0 atom stereocenters. The summed E-state index contributed by atoms with van der Waals surface area (Å²) in [5, 5.41) is 0. The third-order valence-corrected chi connectivity index (χ3v) is 3.53. The number of rotatable bonds is 1. The van der Waals surface area contributed by atoms with Gasteiger partial charge in [-0.3, -0.25) is 4.79 Å². The summed E-state index contributed by atoms with van der Waals surface area (Å²) in [5.74, 6) is 1.66. The van der Waals surface area contributed by atoms with E-state index in [2.05, 4.69) is 6.92 Å². The highest BCUT2D eigenvalue weighted by atomic mass is 16.2. The van der Waals surface area contributed by atoms with Crippen LogP contribution in [-0.2, 0) is 4.79 Å². The van der Waals surface area contributed by atoms with Crippen LogP contribution in [0.15, 0.2) is 0 Å². The molecule has 1 saturated carbocycles. The first kappa shape index (κ1) is 9.04. The molecule has 0 radical (unpaired) electrons. The van der Waals surface area contributed by atoms with E-state index < -0.39 is 0 Å². The van der Waals surface area contributed by atoms with E-state index in [1.807, 2.05) is 4.90 Å². The Labute approximate surface area is 80.3 Å². The minimum absolute atomic E-state index is 0.372. The second kappa shape index (κ2) is 3.69. The molecule has 0 unspecified atom stereocenters. The van der Waals surface area contributed by atoms with Gasteiger partial charge < -0.3 is 4.90 Å². The van der Waals surface area contributed by atoms with Crippen molar-refractivity contribution >= 4 is 5.91 Å². The minimum atomic E-state index is 0.372. The van der Waals surface area contributed by atoms with Gasteiger partial charge in [0.15, 0.2) is 0 Å². The van der Waals surface area contributed by atoms with Crippen LogP contribution in [-0.4, -0.2) is 23.9 Å². The van der Waals surface area contributed by atoms with Gasteiger partial charge in [0.1, 0.15) is 0 Å². The maximum atomic E-state index is 11.8. The summed E-state index contributed by atoms with van der Waals surface area (Å²) in [6.45, 7) is 4.33. The van der Waals surface area contributed by atoms with Crippen LogP contribution >= 0.6 is 0 Å². The molecule has 1 amide bonds. The molecular weight excluding hydrogens is 162 g/mol. The quantitative estimate of drug-likeness (QED) is 0.606. The molecule has 1 aliphatic heterocycles. The predicted molar refractivity (Wildman–Crippen MR) is 52.3 cm³/mol. The van der Waals surface area contributed by atoms with Crippen molar-refractivity contribution in [3.8, 4) is 0 Å². The van der Waals surface area contributed by atoms with Crippen LogP contribution in [0, 0.1) is 11.8 Å². The van der Waals surface area contributed by atoms with Gasteiger partial charge in [-0.05, 0) is 38.0 Å². The zero-order valence-electron chi connectivity index (χ0n) is 8.46. The summed E-state index contributed by atoms with van der Waals surface area (Å²) < 4.78 is 0. The first-order valence-corrected chi connectivity index (χ1v) is 5.56. The first-order chi connectivity index (χ1) is 6.27. The molecule has 0 aromatic heterocycles. The van der Waals surface area contributed by atoms with Gasteiger partial charge in [-0.2, -0.15) is 0 Å². The smallest absolute Gasteiger partial charge is 0.225 e. The summed E-state index contributed by atoms with van der Waals surface area (Å²) >= 11 is 0. The van der Waals surface area contributed by atoms with Crippen molar-refractivity contribution in [3.63, 3.8) is 0 Å². The summed E-state index contributed by atoms with van der Waals surface area (Å²) in [7, 11) is 0. The third kappa shape index (κ3) is 1.87. The number of hydrogen-bond acceptors (Lipinski definition) is 1. The third-order valence-electron chi connectivity index (χ3n) is 3.53. The topological polar surface area (TPSA) is 20.3 Å². The maximum Gasteiger partial charge on any atom is 0.225 e. The fourth-order valence-corrected chi connectivity index (χ4v) is 2.30. The molecule has 0 bridgehead atoms. The Balaban J connectivity index is 1.83. The molecular formula is C11H19NO. The van der Waals surface area contributed by atoms with Gasteiger partial charge >= 0.3 is 0 Å². The molecule has 2 rings (SSSR count). The van der Waals surface area contributed by atoms with Crippen molar-refractivity contribution in [2.75, 3.05) is 13.1 Å². The minimum Gasteiger partial charge on any atom is -0.342 e. The van der Waals surface area contributed by atoms with Crippen molar-refractivity contribution in [1.82, 2.24) is 4.90 Å². The maximum absolute atomic E-state index is 11.8. The number of carbonyl (C=O) groups is 1. The summed E-state index contributed by atoms with van der Waals surface area (Å²) in [4.78, 5) is 13.8. The van der Waals surface area contributed by atoms with Crippen LogP contribution < -0.4 is 0 Å². The highest BCUT2D eigenvalue weighted by Crippen LogP contribution is 2.30. The van der Waals surface area contributed by atoms with E-state index in [-0.39, 0.29) is 0 Å². The van der Waals surface area contributed by atoms with Crippen molar-refractivity contribution < 1.29 is 4.79 Å². The van der Waals surface area contributed by atoms with E-state index in [0.717, 1.165) is 31.8 Å². The summed E-state index contributed by atoms with van der Waals surface area (Å²) in [6.07, 6.45) is 6.00. The van der Waals surface area contributed by atoms with Gasteiger partial charge in [-0.1, -0.05) is 6.92 Å². The van der Waals surface area contributed by atoms with Gasteiger partial charge in [0.25, 0.3) is 0 Å². The molecule has 13 heavy (non-hydrogen) atoms. The van der Waals surface area contributed by atoms with E-state index >= 15 is 0 Å². The Morgan fingerprint density at radius 2 is 1.77 bits per heavy atom. The molecule has 2 fully saturated rings. The van der Waals surface area contributed by atoms with Crippen LogP contribution in [0.25, 0.3) is 0 Å². The van der Waals surface area contributed by atoms with Crippen LogP contribution in [0.2, 0.25) is 0 Å². The number of amides is 1. The number of nitrogens with zero attached hydrogens (tertiary/aromatic N) is 1. The standard InChI is InChI=1S/C11H19NO/c1-9-3-5-10(6-4-9)11(13)12-7-2-8-12/h9-10H,2-8H2,1H3. The molecule has 0 N–H and O–H groups in total. The summed E-state index contributed by atoms with van der Waals surface area (Å²) in [6, 6.07) is 0. The molecule has 2 nitrogen and oxygen atoms in total. The highest BCUT2D eigenvalue weighted by molar-refractivity contribution is 5.79. The van der Waals surface area contributed by atoms with Crippen LogP contribution in [0.3, 0.4) is 0 Å². The molecule has 2 heteroatoms. The Bertz CT molecular complexity index is 190. The zero-order chi connectivity index (χ0) is 9.26. The van der Waals surface area contributed by atoms with Gasteiger partial charge in [0, 0.05) is 19.0 Å². The van der Waals surface area contributed by atoms with Gasteiger partial charge in [-0.25, -0.2) is 0 Å². The molecule has 74 valence electrons. The molecule has 0 aromatic rings. The molecule has 1 aliphatic carbocycles. The first-order valence-electron chi connectivity index (χ1n) is 5.56. The fourth-order valence-electron chi connectivity index (χ4n) is 2.30. The predicted octanol–water partition coefficient (Wildman–Crippen LogP) is 2.04. The lowest BCUT2D eigenvalue weighted by molar-refractivity contribution is -0.140. The second-order valence-electron chi connectivity index (χ2n) is 4.64. The molecule has 0 spiro atoms. The van der Waals surface area contributed by atoms with E-state index in [0.29, 0.717) is 11.8 Å². The molecule has 1 heterocycles. The molecule has 0 aromatic carbocycles. The van der Waals surface area contributed by atoms with Crippen molar-refractivity contribution in [2.45, 2.75) is 39.0 Å². The number of carbonyl (C=O) groups excluding carboxylic acids is 1. The SMILES string of the molecule is CC1CCC(C(=O)N2CCC2)CC1. The highest BCUT2D eigenvalue weighted by Gasteiger charge is 2.30. The average molecular weight is 181 g/mol. The summed E-state index contributed by atoms with van der Waals surface area (Å²) in [5.41, 5.74) is 0. The fraction of sp³-hybridized carbons (Fsp3) is 0.909. The lowest BCUT2D eigenvalue weighted by Crippen LogP contribution is -2.45. The van der Waals surface area contributed by atoms with Crippen molar-refractivity contribution in [1.29, 1.82) is 0 Å². The van der Waals surface area contributed by atoms with Crippen molar-refractivity contribution in [3.05, 3.63) is 0 Å². The lowest BCUT2D eigenvalue weighted by atomic mass is 9.82. The zero-order valence-corrected chi connectivity index (χ0v) is 8.46. The monoisotopic (exact) mass is 181 g/mol. The van der Waals surface area contributed by atoms with E-state index in [1.54, 1.807) is 0 Å². The Hall–Kier alpha value is -0.530. The molecule has 2 aliphatic rings. The van der Waals surface area contributed by atoms with E-state index in [9.17, 15) is 4.79 Å². The van der Waals surface area contributed by atoms with Crippen LogP contribution in [0.1, 0.15) is 39.0 Å². The van der Waals surface area contributed by atoms with Crippen molar-refractivity contribution in [2.24, 2.45) is 11.8 Å². The Morgan fingerprint density at radius 1 is 1.15 bits per heavy atom. The van der Waals surface area contributed by atoms with E-state index in [1.165, 1.54) is 19.3 Å². The largest absolute Gasteiger partial charge is 0.342 e. The van der Waals surface area contributed by atoms with Gasteiger partial charge in [0.05, 0.1) is 0 Å². The van der Waals surface area contributed by atoms with Gasteiger partial charge in [0.2, 0.25) is 5.91 Å². The average Bonchev–Trinajstić information content (AvgIpc) is 2.02.